The highest BCUT2D eigenvalue weighted by molar-refractivity contribution is 5.40. The van der Waals surface area contributed by atoms with Crippen LogP contribution in [0.25, 0.3) is 0 Å². The quantitative estimate of drug-likeness (QED) is 0.270. The van der Waals surface area contributed by atoms with E-state index in [0.717, 1.165) is 43.5 Å². The Morgan fingerprint density at radius 2 is 1.62 bits per heavy atom. The van der Waals surface area contributed by atoms with Crippen molar-refractivity contribution in [3.8, 4) is 5.75 Å². The summed E-state index contributed by atoms with van der Waals surface area (Å²) in [7, 11) is 0. The van der Waals surface area contributed by atoms with Gasteiger partial charge >= 0.3 is 0 Å². The number of benzene rings is 2. The van der Waals surface area contributed by atoms with Gasteiger partial charge in [0.1, 0.15) is 5.75 Å². The Labute approximate surface area is 196 Å². The third-order valence-corrected chi connectivity index (χ3v) is 7.94. The minimum atomic E-state index is 0.651. The van der Waals surface area contributed by atoms with Gasteiger partial charge in [-0.2, -0.15) is 0 Å². The summed E-state index contributed by atoms with van der Waals surface area (Å²) >= 11 is 0. The summed E-state index contributed by atoms with van der Waals surface area (Å²) in [6, 6.07) is 16.5. The van der Waals surface area contributed by atoms with E-state index >= 15 is 0 Å². The molecule has 0 aromatic heterocycles. The molecule has 0 amide bonds. The van der Waals surface area contributed by atoms with E-state index < -0.39 is 0 Å². The lowest BCUT2D eigenvalue weighted by molar-refractivity contribution is 0.303. The molecule has 2 aliphatic carbocycles. The molecule has 1 fully saturated rings. The molecule has 0 aliphatic heterocycles. The molecule has 0 radical (unpaired) electrons. The lowest BCUT2D eigenvalue weighted by atomic mass is 9.76. The van der Waals surface area contributed by atoms with Crippen LogP contribution >= 0.6 is 0 Å². The van der Waals surface area contributed by atoms with Gasteiger partial charge in [0, 0.05) is 0 Å². The van der Waals surface area contributed by atoms with Crippen molar-refractivity contribution in [2.45, 2.75) is 95.8 Å². The van der Waals surface area contributed by atoms with Crippen LogP contribution in [0.1, 0.15) is 105 Å². The van der Waals surface area contributed by atoms with Gasteiger partial charge < -0.3 is 4.74 Å². The van der Waals surface area contributed by atoms with Crippen molar-refractivity contribution < 1.29 is 4.74 Å². The molecule has 32 heavy (non-hydrogen) atoms. The van der Waals surface area contributed by atoms with Gasteiger partial charge in [0.25, 0.3) is 0 Å². The second-order valence-corrected chi connectivity index (χ2v) is 10.2. The van der Waals surface area contributed by atoms with E-state index in [4.69, 9.17) is 4.74 Å². The molecule has 1 unspecified atom stereocenters. The van der Waals surface area contributed by atoms with Gasteiger partial charge in [-0.1, -0.05) is 69.0 Å². The molecule has 1 saturated carbocycles. The van der Waals surface area contributed by atoms with Gasteiger partial charge in [0.15, 0.2) is 0 Å². The molecule has 1 atom stereocenters. The topological polar surface area (TPSA) is 9.23 Å². The number of hydrogen-bond acceptors (Lipinski definition) is 1. The van der Waals surface area contributed by atoms with E-state index in [1.165, 1.54) is 74.5 Å². The van der Waals surface area contributed by atoms with E-state index in [9.17, 15) is 0 Å². The zero-order chi connectivity index (χ0) is 22.2. The number of rotatable bonds is 10. The third kappa shape index (κ3) is 6.06. The Hall–Kier alpha value is -2.02. The molecule has 0 bridgehead atoms. The van der Waals surface area contributed by atoms with E-state index in [0.29, 0.717) is 5.92 Å². The number of ether oxygens (including phenoxy) is 1. The number of hydrogen-bond donors (Lipinski definition) is 0. The molecule has 0 saturated heterocycles. The molecular formula is C31H42O. The first-order valence-electron chi connectivity index (χ1n) is 13.2. The molecular weight excluding hydrogens is 388 g/mol. The van der Waals surface area contributed by atoms with Crippen LogP contribution in [0.15, 0.2) is 55.1 Å². The van der Waals surface area contributed by atoms with Crippen LogP contribution in [0.4, 0.5) is 0 Å². The second-order valence-electron chi connectivity index (χ2n) is 10.2. The zero-order valence-corrected chi connectivity index (χ0v) is 20.2. The Morgan fingerprint density at radius 3 is 2.34 bits per heavy atom. The summed E-state index contributed by atoms with van der Waals surface area (Å²) in [6.45, 7) is 6.80. The number of fused-ring (bicyclic) bond motifs is 1. The maximum Gasteiger partial charge on any atom is 0.119 e. The minimum absolute atomic E-state index is 0.651. The number of aryl methyl sites for hydroxylation is 1. The predicted octanol–water partition coefficient (Wildman–Crippen LogP) is 8.77. The van der Waals surface area contributed by atoms with Crippen LogP contribution in [-0.2, 0) is 12.8 Å². The maximum atomic E-state index is 5.85. The zero-order valence-electron chi connectivity index (χ0n) is 20.2. The Balaban J connectivity index is 1.30. The van der Waals surface area contributed by atoms with Gasteiger partial charge in [-0.3, -0.25) is 0 Å². The Kier molecular flexibility index (Phi) is 8.49. The average Bonchev–Trinajstić information content (AvgIpc) is 2.85. The van der Waals surface area contributed by atoms with Crippen LogP contribution in [0.2, 0.25) is 0 Å². The minimum Gasteiger partial charge on any atom is -0.493 e. The number of unbranched alkanes of at least 4 members (excludes halogenated alkanes) is 2. The van der Waals surface area contributed by atoms with Gasteiger partial charge in [-0.15, -0.1) is 6.58 Å². The van der Waals surface area contributed by atoms with E-state index in [1.54, 1.807) is 5.56 Å². The highest BCUT2D eigenvalue weighted by Crippen LogP contribution is 2.39. The van der Waals surface area contributed by atoms with Gasteiger partial charge in [-0.25, -0.2) is 0 Å². The van der Waals surface area contributed by atoms with Crippen molar-refractivity contribution in [3.63, 3.8) is 0 Å². The van der Waals surface area contributed by atoms with Gasteiger partial charge in [0.05, 0.1) is 6.61 Å². The van der Waals surface area contributed by atoms with Crippen molar-refractivity contribution in [2.75, 3.05) is 6.61 Å². The molecule has 172 valence electrons. The molecule has 2 aromatic carbocycles. The van der Waals surface area contributed by atoms with E-state index in [1.807, 2.05) is 6.08 Å². The SMILES string of the molecule is C=CCCOc1ccc2c(c1)CCC(c1ccc(C3CCC(CCCCC)CC3)cc1)C2. The predicted molar refractivity (Wildman–Crippen MR) is 137 cm³/mol. The first-order chi connectivity index (χ1) is 15.8. The van der Waals surface area contributed by atoms with Crippen LogP contribution in [0.3, 0.4) is 0 Å². The molecule has 4 rings (SSSR count). The van der Waals surface area contributed by atoms with Crippen LogP contribution in [0, 0.1) is 5.92 Å². The lowest BCUT2D eigenvalue weighted by Crippen LogP contribution is -2.14. The van der Waals surface area contributed by atoms with Crippen molar-refractivity contribution in [1.82, 2.24) is 0 Å². The van der Waals surface area contributed by atoms with Crippen LogP contribution in [-0.4, -0.2) is 6.61 Å². The Bertz CT molecular complexity index is 841. The second kappa shape index (κ2) is 11.7. The standard InChI is InChI=1S/C31H42O/c1-3-5-7-8-24-9-11-25(12-10-24)26-13-15-27(16-14-26)28-17-18-30-23-31(32-21-6-4-2)20-19-29(30)22-28/h4,13-16,19-20,23-25,28H,2-3,5-12,17-18,21-22H2,1H3. The van der Waals surface area contributed by atoms with Gasteiger partial charge in [0.2, 0.25) is 0 Å². The summed E-state index contributed by atoms with van der Waals surface area (Å²) in [5, 5.41) is 0. The smallest absolute Gasteiger partial charge is 0.119 e. The largest absolute Gasteiger partial charge is 0.493 e. The summed E-state index contributed by atoms with van der Waals surface area (Å²) in [4.78, 5) is 0. The van der Waals surface area contributed by atoms with Crippen molar-refractivity contribution in [2.24, 2.45) is 5.92 Å². The van der Waals surface area contributed by atoms with Crippen LogP contribution < -0.4 is 4.74 Å². The molecule has 0 heterocycles. The summed E-state index contributed by atoms with van der Waals surface area (Å²) in [5.41, 5.74) is 6.09. The molecule has 0 N–H and O–H groups in total. The fraction of sp³-hybridized carbons (Fsp3) is 0.548. The van der Waals surface area contributed by atoms with Crippen molar-refractivity contribution in [3.05, 3.63) is 77.4 Å². The van der Waals surface area contributed by atoms with Crippen molar-refractivity contribution >= 4 is 0 Å². The fourth-order valence-electron chi connectivity index (χ4n) is 5.87. The lowest BCUT2D eigenvalue weighted by Gasteiger charge is -2.29. The maximum absolute atomic E-state index is 5.85. The summed E-state index contributed by atoms with van der Waals surface area (Å²) < 4.78 is 5.85. The van der Waals surface area contributed by atoms with E-state index in [-0.39, 0.29) is 0 Å². The fourth-order valence-corrected chi connectivity index (χ4v) is 5.87. The van der Waals surface area contributed by atoms with Crippen LogP contribution in [0.5, 0.6) is 5.75 Å². The molecule has 1 heteroatoms. The summed E-state index contributed by atoms with van der Waals surface area (Å²) in [5.74, 6) is 3.44. The highest BCUT2D eigenvalue weighted by atomic mass is 16.5. The van der Waals surface area contributed by atoms with Crippen molar-refractivity contribution in [1.29, 1.82) is 0 Å². The van der Waals surface area contributed by atoms with Gasteiger partial charge in [-0.05, 0) is 104 Å². The Morgan fingerprint density at radius 1 is 0.875 bits per heavy atom. The van der Waals surface area contributed by atoms with E-state index in [2.05, 4.69) is 56.0 Å². The molecule has 1 nitrogen and oxygen atoms in total. The monoisotopic (exact) mass is 430 g/mol. The third-order valence-electron chi connectivity index (χ3n) is 7.94. The first kappa shape index (κ1) is 23.1. The molecule has 2 aliphatic rings. The molecule has 2 aromatic rings. The summed E-state index contributed by atoms with van der Waals surface area (Å²) in [6.07, 6.45) is 17.7. The highest BCUT2D eigenvalue weighted by Gasteiger charge is 2.24. The molecule has 0 spiro atoms. The normalized spacial score (nSPS) is 22.8. The first-order valence-corrected chi connectivity index (χ1v) is 13.2. The average molecular weight is 431 g/mol.